The molecular weight excluding hydrogens is 432 g/mol. The quantitative estimate of drug-likeness (QED) is 0.379. The highest BCUT2D eigenvalue weighted by atomic mass is 35.5. The molecule has 166 valence electrons. The number of carbonyl (C=O) groups excluding carboxylic acids is 2. The van der Waals surface area contributed by atoms with Crippen molar-refractivity contribution in [2.24, 2.45) is 0 Å². The van der Waals surface area contributed by atoms with Gasteiger partial charge in [-0.3, -0.25) is 24.6 Å². The minimum Gasteiger partial charge on any atom is -0.364 e. The van der Waals surface area contributed by atoms with Gasteiger partial charge >= 0.3 is 0 Å². The molecule has 32 heavy (non-hydrogen) atoms. The molecule has 2 amide bonds. The van der Waals surface area contributed by atoms with E-state index in [9.17, 15) is 19.7 Å². The molecular formula is C23H23ClN4O4. The van der Waals surface area contributed by atoms with E-state index in [2.05, 4.69) is 4.90 Å². The molecule has 8 nitrogen and oxygen atoms in total. The summed E-state index contributed by atoms with van der Waals surface area (Å²) in [4.78, 5) is 42.7. The SMILES string of the molecule is CN1CCN(C2=C(c3ccc([N+](=O)[O-])cc3)C(=O)N(CCc3ccc(Cl)cc3)C2=O)CC1. The number of benzene rings is 2. The fourth-order valence-electron chi connectivity index (χ4n) is 3.99. The van der Waals surface area contributed by atoms with Gasteiger partial charge in [0.25, 0.3) is 17.5 Å². The largest absolute Gasteiger partial charge is 0.364 e. The Kier molecular flexibility index (Phi) is 6.25. The number of halogens is 1. The van der Waals surface area contributed by atoms with Crippen molar-refractivity contribution >= 4 is 34.7 Å². The second-order valence-electron chi connectivity index (χ2n) is 7.96. The van der Waals surface area contributed by atoms with Gasteiger partial charge in [-0.05, 0) is 48.9 Å². The molecule has 9 heteroatoms. The highest BCUT2D eigenvalue weighted by Gasteiger charge is 2.41. The third kappa shape index (κ3) is 4.37. The van der Waals surface area contributed by atoms with Crippen molar-refractivity contribution < 1.29 is 14.5 Å². The summed E-state index contributed by atoms with van der Waals surface area (Å²) in [5.41, 5.74) is 2.11. The molecule has 0 saturated carbocycles. The average molecular weight is 455 g/mol. The lowest BCUT2D eigenvalue weighted by Gasteiger charge is -2.34. The van der Waals surface area contributed by atoms with Gasteiger partial charge in [-0.2, -0.15) is 0 Å². The molecule has 0 spiro atoms. The normalized spacial score (nSPS) is 17.4. The molecule has 1 saturated heterocycles. The predicted molar refractivity (Wildman–Crippen MR) is 121 cm³/mol. The minimum atomic E-state index is -0.487. The van der Waals surface area contributed by atoms with Crippen molar-refractivity contribution in [2.45, 2.75) is 6.42 Å². The van der Waals surface area contributed by atoms with Crippen molar-refractivity contribution in [1.29, 1.82) is 0 Å². The van der Waals surface area contributed by atoms with Gasteiger partial charge in [0.2, 0.25) is 0 Å². The summed E-state index contributed by atoms with van der Waals surface area (Å²) < 4.78 is 0. The lowest BCUT2D eigenvalue weighted by molar-refractivity contribution is -0.384. The Labute approximate surface area is 190 Å². The molecule has 0 N–H and O–H groups in total. The van der Waals surface area contributed by atoms with Crippen LogP contribution in [0.3, 0.4) is 0 Å². The Morgan fingerprint density at radius 2 is 1.56 bits per heavy atom. The number of hydrogen-bond acceptors (Lipinski definition) is 6. The number of nitrogens with zero attached hydrogens (tertiary/aromatic N) is 4. The van der Waals surface area contributed by atoms with Gasteiger partial charge in [-0.25, -0.2) is 0 Å². The van der Waals surface area contributed by atoms with Crippen molar-refractivity contribution in [3.05, 3.63) is 80.5 Å². The third-order valence-corrected chi connectivity index (χ3v) is 6.12. The maximum Gasteiger partial charge on any atom is 0.277 e. The first-order valence-electron chi connectivity index (χ1n) is 10.4. The van der Waals surface area contributed by atoms with Crippen molar-refractivity contribution in [3.63, 3.8) is 0 Å². The Morgan fingerprint density at radius 1 is 0.938 bits per heavy atom. The highest BCUT2D eigenvalue weighted by molar-refractivity contribution is 6.35. The molecule has 2 aromatic carbocycles. The molecule has 2 heterocycles. The fraction of sp³-hybridized carbons (Fsp3) is 0.304. The zero-order valence-corrected chi connectivity index (χ0v) is 18.4. The number of likely N-dealkylation sites (N-methyl/N-ethyl adjacent to an activating group) is 1. The van der Waals surface area contributed by atoms with E-state index >= 15 is 0 Å². The Balaban J connectivity index is 1.64. The number of nitro benzene ring substituents is 1. The van der Waals surface area contributed by atoms with Crippen LogP contribution in [-0.2, 0) is 16.0 Å². The van der Waals surface area contributed by atoms with E-state index < -0.39 is 4.92 Å². The summed E-state index contributed by atoms with van der Waals surface area (Å²) in [5.74, 6) is -0.686. The van der Waals surface area contributed by atoms with Crippen LogP contribution in [0.1, 0.15) is 11.1 Å². The van der Waals surface area contributed by atoms with Gasteiger partial charge in [0.1, 0.15) is 5.70 Å². The molecule has 0 aliphatic carbocycles. The molecule has 0 aromatic heterocycles. The first kappa shape index (κ1) is 22.0. The zero-order valence-electron chi connectivity index (χ0n) is 17.7. The van der Waals surface area contributed by atoms with E-state index in [-0.39, 0.29) is 24.0 Å². The summed E-state index contributed by atoms with van der Waals surface area (Å²) in [5, 5.41) is 11.7. The van der Waals surface area contributed by atoms with E-state index in [0.29, 0.717) is 41.4 Å². The smallest absolute Gasteiger partial charge is 0.277 e. The summed E-state index contributed by atoms with van der Waals surface area (Å²) in [6.45, 7) is 3.07. The van der Waals surface area contributed by atoms with Crippen LogP contribution in [-0.4, -0.2) is 71.2 Å². The number of piperazine rings is 1. The lowest BCUT2D eigenvalue weighted by Crippen LogP contribution is -2.46. The van der Waals surface area contributed by atoms with Crippen molar-refractivity contribution in [3.8, 4) is 0 Å². The van der Waals surface area contributed by atoms with Crippen LogP contribution >= 0.6 is 11.6 Å². The molecule has 1 fully saturated rings. The van der Waals surface area contributed by atoms with Crippen LogP contribution in [0.25, 0.3) is 5.57 Å². The number of rotatable bonds is 6. The van der Waals surface area contributed by atoms with E-state index in [1.165, 1.54) is 29.2 Å². The van der Waals surface area contributed by atoms with Crippen LogP contribution in [0.4, 0.5) is 5.69 Å². The lowest BCUT2D eigenvalue weighted by atomic mass is 10.0. The number of carbonyl (C=O) groups is 2. The molecule has 2 aliphatic rings. The molecule has 0 unspecified atom stereocenters. The third-order valence-electron chi connectivity index (χ3n) is 5.87. The molecule has 4 rings (SSSR count). The van der Waals surface area contributed by atoms with Gasteiger partial charge < -0.3 is 9.80 Å². The van der Waals surface area contributed by atoms with E-state index in [0.717, 1.165) is 18.7 Å². The van der Waals surface area contributed by atoms with E-state index in [4.69, 9.17) is 11.6 Å². The maximum atomic E-state index is 13.4. The van der Waals surface area contributed by atoms with Gasteiger partial charge in [0.05, 0.1) is 10.5 Å². The fourth-order valence-corrected chi connectivity index (χ4v) is 4.12. The number of amides is 2. The second kappa shape index (κ2) is 9.10. The molecule has 2 aliphatic heterocycles. The van der Waals surface area contributed by atoms with E-state index in [1.54, 1.807) is 12.1 Å². The van der Waals surface area contributed by atoms with Gasteiger partial charge in [0, 0.05) is 49.9 Å². The molecule has 0 bridgehead atoms. The van der Waals surface area contributed by atoms with Gasteiger partial charge in [0.15, 0.2) is 0 Å². The first-order valence-corrected chi connectivity index (χ1v) is 10.8. The van der Waals surface area contributed by atoms with Crippen LogP contribution in [0.5, 0.6) is 0 Å². The average Bonchev–Trinajstić information content (AvgIpc) is 3.03. The minimum absolute atomic E-state index is 0.0631. The van der Waals surface area contributed by atoms with Crippen LogP contribution in [0.2, 0.25) is 5.02 Å². The predicted octanol–water partition coefficient (Wildman–Crippen LogP) is 2.82. The zero-order chi connectivity index (χ0) is 22.8. The van der Waals surface area contributed by atoms with Crippen LogP contribution < -0.4 is 0 Å². The first-order chi connectivity index (χ1) is 15.3. The van der Waals surface area contributed by atoms with Crippen LogP contribution in [0, 0.1) is 10.1 Å². The van der Waals surface area contributed by atoms with Crippen molar-refractivity contribution in [1.82, 2.24) is 14.7 Å². The standard InChI is InChI=1S/C23H23ClN4O4/c1-25-12-14-26(15-13-25)21-20(17-4-8-19(9-5-17)28(31)32)22(29)27(23(21)30)11-10-16-2-6-18(24)7-3-16/h2-9H,10-15H2,1H3. The summed E-state index contributed by atoms with van der Waals surface area (Å²) in [6.07, 6.45) is 0.512. The van der Waals surface area contributed by atoms with Crippen LogP contribution in [0.15, 0.2) is 54.2 Å². The van der Waals surface area contributed by atoms with E-state index in [1.807, 2.05) is 24.1 Å². The number of imide groups is 1. The molecule has 2 aromatic rings. The highest BCUT2D eigenvalue weighted by Crippen LogP contribution is 2.33. The van der Waals surface area contributed by atoms with Crippen molar-refractivity contribution in [2.75, 3.05) is 39.8 Å². The monoisotopic (exact) mass is 454 g/mol. The number of nitro groups is 1. The summed E-state index contributed by atoms with van der Waals surface area (Å²) in [7, 11) is 2.02. The van der Waals surface area contributed by atoms with Gasteiger partial charge in [-0.1, -0.05) is 23.7 Å². The summed E-state index contributed by atoms with van der Waals surface area (Å²) >= 11 is 5.94. The number of hydrogen-bond donors (Lipinski definition) is 0. The Bertz CT molecular complexity index is 1070. The summed E-state index contributed by atoms with van der Waals surface area (Å²) in [6, 6.07) is 13.1. The number of non-ortho nitro benzene ring substituents is 1. The molecule has 0 radical (unpaired) electrons. The maximum absolute atomic E-state index is 13.4. The van der Waals surface area contributed by atoms with Gasteiger partial charge in [-0.15, -0.1) is 0 Å². The Hall–Kier alpha value is -3.23. The second-order valence-corrected chi connectivity index (χ2v) is 8.39. The molecule has 0 atom stereocenters. The topological polar surface area (TPSA) is 87.0 Å². The Morgan fingerprint density at radius 3 is 2.16 bits per heavy atom.